The summed E-state index contributed by atoms with van der Waals surface area (Å²) in [5, 5.41) is 0.435. The summed E-state index contributed by atoms with van der Waals surface area (Å²) in [6.07, 6.45) is 3.87. The Morgan fingerprint density at radius 1 is 1.31 bits per heavy atom. The van der Waals surface area contributed by atoms with Gasteiger partial charge in [0.15, 0.2) is 0 Å². The SMILES string of the molecule is NC(c1ccc(Cl)cc1F)C1C2CCCC21. The largest absolute Gasteiger partial charge is 0.324 e. The molecule has 0 bridgehead atoms. The van der Waals surface area contributed by atoms with E-state index < -0.39 is 0 Å². The summed E-state index contributed by atoms with van der Waals surface area (Å²) in [5.74, 6) is 1.75. The van der Waals surface area contributed by atoms with Crippen LogP contribution in [0, 0.1) is 23.6 Å². The molecule has 3 rings (SSSR count). The molecule has 0 heterocycles. The highest BCUT2D eigenvalue weighted by molar-refractivity contribution is 6.30. The van der Waals surface area contributed by atoms with Gasteiger partial charge >= 0.3 is 0 Å². The number of nitrogens with two attached hydrogens (primary N) is 1. The molecular weight excluding hydrogens is 225 g/mol. The van der Waals surface area contributed by atoms with E-state index in [2.05, 4.69) is 0 Å². The highest BCUT2D eigenvalue weighted by Crippen LogP contribution is 2.61. The molecule has 86 valence electrons. The minimum absolute atomic E-state index is 0.146. The lowest BCUT2D eigenvalue weighted by Crippen LogP contribution is -2.17. The zero-order valence-corrected chi connectivity index (χ0v) is 9.75. The smallest absolute Gasteiger partial charge is 0.129 e. The van der Waals surface area contributed by atoms with Crippen LogP contribution in [0.25, 0.3) is 0 Å². The maximum atomic E-state index is 13.7. The average molecular weight is 240 g/mol. The van der Waals surface area contributed by atoms with Gasteiger partial charge in [-0.05, 0) is 42.7 Å². The monoisotopic (exact) mass is 239 g/mol. The Labute approximate surface area is 99.8 Å². The van der Waals surface area contributed by atoms with Crippen LogP contribution >= 0.6 is 11.6 Å². The van der Waals surface area contributed by atoms with E-state index in [0.29, 0.717) is 16.5 Å². The molecule has 1 aromatic rings. The van der Waals surface area contributed by atoms with E-state index in [9.17, 15) is 4.39 Å². The number of hydrogen-bond acceptors (Lipinski definition) is 1. The topological polar surface area (TPSA) is 26.0 Å². The van der Waals surface area contributed by atoms with Crippen LogP contribution in [0.1, 0.15) is 30.9 Å². The van der Waals surface area contributed by atoms with Gasteiger partial charge in [-0.25, -0.2) is 4.39 Å². The van der Waals surface area contributed by atoms with E-state index in [1.807, 2.05) is 0 Å². The summed E-state index contributed by atoms with van der Waals surface area (Å²) >= 11 is 5.73. The average Bonchev–Trinajstić information content (AvgIpc) is 2.71. The summed E-state index contributed by atoms with van der Waals surface area (Å²) in [6, 6.07) is 4.66. The highest BCUT2D eigenvalue weighted by atomic mass is 35.5. The van der Waals surface area contributed by atoms with Crippen molar-refractivity contribution >= 4 is 11.6 Å². The minimum Gasteiger partial charge on any atom is -0.324 e. The third kappa shape index (κ3) is 1.56. The van der Waals surface area contributed by atoms with Crippen LogP contribution in [-0.4, -0.2) is 0 Å². The first-order chi connectivity index (χ1) is 7.68. The Morgan fingerprint density at radius 2 is 2.00 bits per heavy atom. The van der Waals surface area contributed by atoms with Crippen molar-refractivity contribution in [2.45, 2.75) is 25.3 Å². The fourth-order valence-electron chi connectivity index (χ4n) is 3.39. The van der Waals surface area contributed by atoms with Gasteiger partial charge in [0.1, 0.15) is 5.82 Å². The molecule has 0 aliphatic heterocycles. The molecule has 2 N–H and O–H groups in total. The first kappa shape index (κ1) is 10.5. The lowest BCUT2D eigenvalue weighted by atomic mass is 9.97. The van der Waals surface area contributed by atoms with Gasteiger partial charge in [-0.1, -0.05) is 24.1 Å². The molecule has 3 atom stereocenters. The van der Waals surface area contributed by atoms with Crippen molar-refractivity contribution in [3.8, 4) is 0 Å². The quantitative estimate of drug-likeness (QED) is 0.840. The first-order valence-corrected chi connectivity index (χ1v) is 6.27. The third-order valence-corrected chi connectivity index (χ3v) is 4.44. The third-order valence-electron chi connectivity index (χ3n) is 4.21. The normalized spacial score (nSPS) is 33.6. The van der Waals surface area contributed by atoms with Crippen LogP contribution in [-0.2, 0) is 0 Å². The molecule has 2 fully saturated rings. The van der Waals surface area contributed by atoms with Gasteiger partial charge in [0.25, 0.3) is 0 Å². The van der Waals surface area contributed by atoms with Crippen molar-refractivity contribution in [1.29, 1.82) is 0 Å². The maximum Gasteiger partial charge on any atom is 0.129 e. The zero-order valence-electron chi connectivity index (χ0n) is 9.00. The molecule has 0 spiro atoms. The van der Waals surface area contributed by atoms with Gasteiger partial charge in [0.2, 0.25) is 0 Å². The van der Waals surface area contributed by atoms with Crippen LogP contribution in [0.15, 0.2) is 18.2 Å². The van der Waals surface area contributed by atoms with E-state index in [1.165, 1.54) is 25.3 Å². The van der Waals surface area contributed by atoms with Crippen molar-refractivity contribution in [1.82, 2.24) is 0 Å². The van der Waals surface area contributed by atoms with E-state index in [4.69, 9.17) is 17.3 Å². The van der Waals surface area contributed by atoms with Gasteiger partial charge in [0.05, 0.1) is 0 Å². The number of halogens is 2. The predicted octanol–water partition coefficient (Wildman–Crippen LogP) is 3.53. The lowest BCUT2D eigenvalue weighted by Gasteiger charge is -2.15. The summed E-state index contributed by atoms with van der Waals surface area (Å²) in [7, 11) is 0. The molecular formula is C13H15ClFN. The van der Waals surface area contributed by atoms with Crippen LogP contribution in [0.5, 0.6) is 0 Å². The molecule has 0 aromatic heterocycles. The first-order valence-electron chi connectivity index (χ1n) is 5.89. The van der Waals surface area contributed by atoms with Gasteiger partial charge in [-0.3, -0.25) is 0 Å². The summed E-state index contributed by atoms with van der Waals surface area (Å²) in [6.45, 7) is 0. The molecule has 1 aromatic carbocycles. The van der Waals surface area contributed by atoms with Crippen molar-refractivity contribution in [3.05, 3.63) is 34.6 Å². The molecule has 3 unspecified atom stereocenters. The fraction of sp³-hybridized carbons (Fsp3) is 0.538. The van der Waals surface area contributed by atoms with Crippen molar-refractivity contribution < 1.29 is 4.39 Å². The molecule has 0 radical (unpaired) electrons. The Hall–Kier alpha value is -0.600. The van der Waals surface area contributed by atoms with Crippen molar-refractivity contribution in [2.75, 3.05) is 0 Å². The second kappa shape index (κ2) is 3.71. The van der Waals surface area contributed by atoms with E-state index >= 15 is 0 Å². The van der Waals surface area contributed by atoms with Gasteiger partial charge in [-0.15, -0.1) is 0 Å². The number of rotatable bonds is 2. The lowest BCUT2D eigenvalue weighted by molar-refractivity contribution is 0.480. The summed E-state index contributed by atoms with van der Waals surface area (Å²) in [4.78, 5) is 0. The minimum atomic E-state index is -0.259. The van der Waals surface area contributed by atoms with Gasteiger partial charge < -0.3 is 5.73 Å². The molecule has 1 nitrogen and oxygen atoms in total. The molecule has 0 amide bonds. The molecule has 16 heavy (non-hydrogen) atoms. The Bertz CT molecular complexity index is 410. The summed E-state index contributed by atoms with van der Waals surface area (Å²) < 4.78 is 13.7. The molecule has 3 heteroatoms. The van der Waals surface area contributed by atoms with Crippen LogP contribution in [0.4, 0.5) is 4.39 Å². The number of fused-ring (bicyclic) bond motifs is 1. The fourth-order valence-corrected chi connectivity index (χ4v) is 3.55. The molecule has 0 saturated heterocycles. The molecule has 2 saturated carbocycles. The summed E-state index contributed by atoms with van der Waals surface area (Å²) in [5.41, 5.74) is 6.79. The highest BCUT2D eigenvalue weighted by Gasteiger charge is 2.55. The Kier molecular flexibility index (Phi) is 2.45. The van der Waals surface area contributed by atoms with E-state index in [-0.39, 0.29) is 11.9 Å². The van der Waals surface area contributed by atoms with Crippen LogP contribution in [0.2, 0.25) is 5.02 Å². The Balaban J connectivity index is 1.82. The maximum absolute atomic E-state index is 13.7. The van der Waals surface area contributed by atoms with Crippen molar-refractivity contribution in [3.63, 3.8) is 0 Å². The molecule has 2 aliphatic rings. The predicted molar refractivity (Wildman–Crippen MR) is 62.7 cm³/mol. The standard InChI is InChI=1S/C13H15ClFN/c14-7-4-5-10(11(15)6-7)13(16)12-8-2-1-3-9(8)12/h4-6,8-9,12-13H,1-3,16H2. The van der Waals surface area contributed by atoms with Gasteiger partial charge in [-0.2, -0.15) is 0 Å². The molecule has 2 aliphatic carbocycles. The zero-order chi connectivity index (χ0) is 11.3. The van der Waals surface area contributed by atoms with E-state index in [0.717, 1.165) is 11.8 Å². The van der Waals surface area contributed by atoms with Gasteiger partial charge in [0, 0.05) is 16.6 Å². The number of benzene rings is 1. The second-order valence-electron chi connectivity index (χ2n) is 5.03. The van der Waals surface area contributed by atoms with E-state index in [1.54, 1.807) is 12.1 Å². The van der Waals surface area contributed by atoms with Crippen molar-refractivity contribution in [2.24, 2.45) is 23.5 Å². The number of hydrogen-bond donors (Lipinski definition) is 1. The second-order valence-corrected chi connectivity index (χ2v) is 5.46. The van der Waals surface area contributed by atoms with Crippen LogP contribution in [0.3, 0.4) is 0 Å². The Morgan fingerprint density at radius 3 is 2.62 bits per heavy atom. The van der Waals surface area contributed by atoms with Crippen LogP contribution < -0.4 is 5.73 Å².